The van der Waals surface area contributed by atoms with Crippen molar-refractivity contribution in [3.63, 3.8) is 0 Å². The third-order valence-electron chi connectivity index (χ3n) is 0.929. The van der Waals surface area contributed by atoms with E-state index in [0.29, 0.717) is 0 Å². The van der Waals surface area contributed by atoms with Crippen LogP contribution in [-0.4, -0.2) is 30.8 Å². The predicted molar refractivity (Wildman–Crippen MR) is 42.2 cm³/mol. The largest absolute Gasteiger partial charge is 0.458 e. The van der Waals surface area contributed by atoms with Crippen LogP contribution in [-0.2, 0) is 19.6 Å². The van der Waals surface area contributed by atoms with Gasteiger partial charge >= 0.3 is 5.97 Å². The molecule has 0 rings (SSSR count). The topological polar surface area (TPSA) is 80.7 Å². The Morgan fingerprint density at radius 1 is 1.75 bits per heavy atom. The predicted octanol–water partition coefficient (Wildman–Crippen LogP) is -0.00810. The number of carbonyl (C=O) groups excluding carboxylic acids is 1. The third kappa shape index (κ3) is 5.87. The van der Waals surface area contributed by atoms with Crippen LogP contribution in [0, 0.1) is 0 Å². The molecule has 70 valence electrons. The van der Waals surface area contributed by atoms with Gasteiger partial charge in [0, 0.05) is 6.08 Å². The fourth-order valence-electron chi connectivity index (χ4n) is 0.577. The summed E-state index contributed by atoms with van der Waals surface area (Å²) < 4.78 is 33.3. The second-order valence-corrected chi connectivity index (χ2v) is 3.70. The highest BCUT2D eigenvalue weighted by Crippen LogP contribution is 1.96. The fourth-order valence-corrected chi connectivity index (χ4v) is 1.24. The van der Waals surface area contributed by atoms with Crippen molar-refractivity contribution in [2.45, 2.75) is 13.0 Å². The van der Waals surface area contributed by atoms with Crippen molar-refractivity contribution in [2.24, 2.45) is 0 Å². The summed E-state index contributed by atoms with van der Waals surface area (Å²) in [5, 5.41) is 0. The molecular formula is C6H10O5S. The van der Waals surface area contributed by atoms with Crippen molar-refractivity contribution < 1.29 is 22.5 Å². The Morgan fingerprint density at radius 2 is 2.25 bits per heavy atom. The smallest absolute Gasteiger partial charge is 0.330 e. The molecule has 1 unspecified atom stereocenters. The molecule has 1 N–H and O–H groups in total. The minimum Gasteiger partial charge on any atom is -0.458 e. The lowest BCUT2D eigenvalue weighted by Gasteiger charge is -2.08. The van der Waals surface area contributed by atoms with Gasteiger partial charge in [0.1, 0.15) is 11.9 Å². The molecule has 0 saturated carbocycles. The summed E-state index contributed by atoms with van der Waals surface area (Å²) in [6, 6.07) is 0. The molecule has 0 aliphatic heterocycles. The number of rotatable bonds is 4. The van der Waals surface area contributed by atoms with Crippen LogP contribution in [0.5, 0.6) is 0 Å². The van der Waals surface area contributed by atoms with E-state index in [1.54, 1.807) is 0 Å². The average molecular weight is 194 g/mol. The van der Waals surface area contributed by atoms with Crippen LogP contribution >= 0.6 is 0 Å². The van der Waals surface area contributed by atoms with E-state index < -0.39 is 27.9 Å². The quantitative estimate of drug-likeness (QED) is 0.387. The van der Waals surface area contributed by atoms with E-state index >= 15 is 0 Å². The third-order valence-corrected chi connectivity index (χ3v) is 1.82. The number of carbonyl (C=O) groups is 1. The summed E-state index contributed by atoms with van der Waals surface area (Å²) >= 11 is 0. The van der Waals surface area contributed by atoms with Gasteiger partial charge in [0.15, 0.2) is 0 Å². The lowest BCUT2D eigenvalue weighted by atomic mass is 10.5. The first-order valence-corrected chi connectivity index (χ1v) is 4.74. The van der Waals surface area contributed by atoms with E-state index in [0.717, 1.165) is 6.08 Å². The van der Waals surface area contributed by atoms with Crippen LogP contribution < -0.4 is 0 Å². The molecule has 6 heteroatoms. The first kappa shape index (κ1) is 11.1. The summed E-state index contributed by atoms with van der Waals surface area (Å²) in [4.78, 5) is 10.5. The molecule has 12 heavy (non-hydrogen) atoms. The minimum atomic E-state index is -4.09. The fraction of sp³-hybridized carbons (Fsp3) is 0.500. The van der Waals surface area contributed by atoms with Crippen LogP contribution in [0.4, 0.5) is 0 Å². The summed E-state index contributed by atoms with van der Waals surface area (Å²) in [6.07, 6.45) is 0.0472. The maximum absolute atomic E-state index is 10.5. The van der Waals surface area contributed by atoms with Crippen LogP contribution in [0.15, 0.2) is 12.7 Å². The highest BCUT2D eigenvalue weighted by atomic mass is 32.2. The first-order valence-electron chi connectivity index (χ1n) is 3.13. The number of ether oxygens (including phenoxy) is 1. The molecule has 0 aliphatic carbocycles. The average Bonchev–Trinajstić information content (AvgIpc) is 1.82. The van der Waals surface area contributed by atoms with Gasteiger partial charge in [0.2, 0.25) is 0 Å². The Kier molecular flexibility index (Phi) is 3.91. The zero-order valence-electron chi connectivity index (χ0n) is 6.56. The Balaban J connectivity index is 3.99. The standard InChI is InChI=1S/C6H10O5S/c1-3-6(7)11-5(2)4-12(8,9)10/h3,5H,1,4H2,2H3,(H,8,9,10). The molecule has 0 bridgehead atoms. The lowest BCUT2D eigenvalue weighted by Crippen LogP contribution is -2.22. The molecule has 0 aromatic rings. The molecule has 0 amide bonds. The maximum Gasteiger partial charge on any atom is 0.330 e. The van der Waals surface area contributed by atoms with Crippen LogP contribution in [0.1, 0.15) is 6.92 Å². The normalized spacial score (nSPS) is 13.5. The Labute approximate surface area is 70.8 Å². The van der Waals surface area contributed by atoms with Gasteiger partial charge < -0.3 is 4.74 Å². The van der Waals surface area contributed by atoms with Crippen molar-refractivity contribution in [1.82, 2.24) is 0 Å². The Bertz CT molecular complexity index is 266. The van der Waals surface area contributed by atoms with Crippen molar-refractivity contribution in [2.75, 3.05) is 5.75 Å². The molecule has 0 heterocycles. The first-order chi connectivity index (χ1) is 5.35. The lowest BCUT2D eigenvalue weighted by molar-refractivity contribution is -0.141. The SMILES string of the molecule is C=CC(=O)OC(C)CS(=O)(=O)O. The zero-order valence-corrected chi connectivity index (χ0v) is 7.37. The van der Waals surface area contributed by atoms with Gasteiger partial charge in [-0.3, -0.25) is 4.55 Å². The van der Waals surface area contributed by atoms with E-state index in [1.165, 1.54) is 6.92 Å². The van der Waals surface area contributed by atoms with Crippen LogP contribution in [0.25, 0.3) is 0 Å². The Hall–Kier alpha value is -0.880. The number of hydrogen-bond acceptors (Lipinski definition) is 4. The summed E-state index contributed by atoms with van der Waals surface area (Å²) in [5.74, 6) is -1.32. The van der Waals surface area contributed by atoms with Crippen molar-refractivity contribution in [1.29, 1.82) is 0 Å². The minimum absolute atomic E-state index is 0.605. The van der Waals surface area contributed by atoms with Gasteiger partial charge in [-0.2, -0.15) is 8.42 Å². The molecular weight excluding hydrogens is 184 g/mol. The molecule has 1 atom stereocenters. The van der Waals surface area contributed by atoms with E-state index in [4.69, 9.17) is 4.55 Å². The Morgan fingerprint density at radius 3 is 2.58 bits per heavy atom. The van der Waals surface area contributed by atoms with Gasteiger partial charge in [-0.25, -0.2) is 4.79 Å². The monoisotopic (exact) mass is 194 g/mol. The summed E-state index contributed by atoms with van der Waals surface area (Å²) in [6.45, 7) is 4.48. The molecule has 0 spiro atoms. The van der Waals surface area contributed by atoms with Crippen LogP contribution in [0.3, 0.4) is 0 Å². The van der Waals surface area contributed by atoms with E-state index in [1.807, 2.05) is 0 Å². The van der Waals surface area contributed by atoms with Gasteiger partial charge in [-0.05, 0) is 6.92 Å². The van der Waals surface area contributed by atoms with Gasteiger partial charge in [-0.1, -0.05) is 6.58 Å². The molecule has 0 aromatic heterocycles. The molecule has 0 aliphatic rings. The van der Waals surface area contributed by atoms with Crippen molar-refractivity contribution in [3.8, 4) is 0 Å². The highest BCUT2D eigenvalue weighted by Gasteiger charge is 2.14. The van der Waals surface area contributed by atoms with E-state index in [2.05, 4.69) is 11.3 Å². The van der Waals surface area contributed by atoms with Crippen LogP contribution in [0.2, 0.25) is 0 Å². The maximum atomic E-state index is 10.5. The van der Waals surface area contributed by atoms with Gasteiger partial charge in [-0.15, -0.1) is 0 Å². The second-order valence-electron chi connectivity index (χ2n) is 2.20. The van der Waals surface area contributed by atoms with Crippen molar-refractivity contribution in [3.05, 3.63) is 12.7 Å². The summed E-state index contributed by atoms with van der Waals surface area (Å²) in [5.41, 5.74) is 0. The van der Waals surface area contributed by atoms with E-state index in [-0.39, 0.29) is 0 Å². The molecule has 0 aromatic carbocycles. The molecule has 0 saturated heterocycles. The van der Waals surface area contributed by atoms with Gasteiger partial charge in [0.25, 0.3) is 10.1 Å². The van der Waals surface area contributed by atoms with E-state index in [9.17, 15) is 13.2 Å². The van der Waals surface area contributed by atoms with Gasteiger partial charge in [0.05, 0.1) is 0 Å². The highest BCUT2D eigenvalue weighted by molar-refractivity contribution is 7.85. The number of hydrogen-bond donors (Lipinski definition) is 1. The molecule has 0 fully saturated rings. The summed E-state index contributed by atoms with van der Waals surface area (Å²) in [7, 11) is -4.09. The number of esters is 1. The second kappa shape index (κ2) is 4.22. The molecule has 5 nitrogen and oxygen atoms in total. The van der Waals surface area contributed by atoms with Crippen molar-refractivity contribution >= 4 is 16.1 Å². The molecule has 0 radical (unpaired) electrons. The zero-order chi connectivity index (χ0) is 9.78.